The molecule has 0 atom stereocenters. The van der Waals surface area contributed by atoms with Gasteiger partial charge in [-0.3, -0.25) is 0 Å². The van der Waals surface area contributed by atoms with Crippen LogP contribution in [0.2, 0.25) is 25.7 Å². The van der Waals surface area contributed by atoms with Crippen LogP contribution >= 0.6 is 0 Å². The van der Waals surface area contributed by atoms with E-state index < -0.39 is 20.0 Å². The van der Waals surface area contributed by atoms with Gasteiger partial charge in [-0.05, 0) is 12.1 Å². The second kappa shape index (κ2) is 7.31. The Kier molecular flexibility index (Phi) is 5.61. The van der Waals surface area contributed by atoms with E-state index in [1.807, 2.05) is 0 Å². The normalized spacial score (nSPS) is 11.9. The van der Waals surface area contributed by atoms with Gasteiger partial charge in [0.15, 0.2) is 0 Å². The van der Waals surface area contributed by atoms with E-state index >= 15 is 0 Å². The third-order valence-electron chi connectivity index (χ3n) is 3.72. The van der Waals surface area contributed by atoms with E-state index in [0.717, 1.165) is 10.9 Å². The predicted molar refractivity (Wildman–Crippen MR) is 93.3 cm³/mol. The van der Waals surface area contributed by atoms with Crippen molar-refractivity contribution < 1.29 is 19.0 Å². The van der Waals surface area contributed by atoms with Crippen molar-refractivity contribution in [3.8, 4) is 0 Å². The van der Waals surface area contributed by atoms with E-state index in [1.165, 1.54) is 13.1 Å². The first kappa shape index (κ1) is 18.4. The lowest BCUT2D eigenvalue weighted by atomic mass is 10.3. The van der Waals surface area contributed by atoms with Gasteiger partial charge in [0.1, 0.15) is 12.5 Å². The number of aromatic nitrogens is 2. The summed E-state index contributed by atoms with van der Waals surface area (Å²) < 4.78 is 21.7. The van der Waals surface area contributed by atoms with Gasteiger partial charge in [-0.2, -0.15) is 0 Å². The fourth-order valence-corrected chi connectivity index (χ4v) is 2.94. The van der Waals surface area contributed by atoms with Gasteiger partial charge < -0.3 is 19.3 Å². The summed E-state index contributed by atoms with van der Waals surface area (Å²) in [7, 11) is 0.247. The van der Waals surface area contributed by atoms with Gasteiger partial charge in [-0.1, -0.05) is 19.6 Å². The first-order valence-corrected chi connectivity index (χ1v) is 11.5. The molecule has 6 nitrogen and oxygen atoms in total. The van der Waals surface area contributed by atoms with Crippen molar-refractivity contribution in [1.82, 2.24) is 14.5 Å². The Morgan fingerprint density at radius 2 is 2.17 bits per heavy atom. The maximum atomic E-state index is 14.2. The predicted octanol–water partition coefficient (Wildman–Crippen LogP) is 3.60. The van der Waals surface area contributed by atoms with E-state index in [4.69, 9.17) is 9.84 Å². The van der Waals surface area contributed by atoms with Gasteiger partial charge >= 0.3 is 6.09 Å². The lowest BCUT2D eigenvalue weighted by Crippen LogP contribution is -2.25. The molecule has 2 rings (SSSR count). The number of halogens is 1. The summed E-state index contributed by atoms with van der Waals surface area (Å²) in [6, 6.07) is 4.24. The third kappa shape index (κ3) is 4.78. The molecular formula is C16H24FN3O3Si. The zero-order valence-corrected chi connectivity index (χ0v) is 15.5. The molecule has 0 saturated heterocycles. The molecule has 1 amide bonds. The van der Waals surface area contributed by atoms with Crippen LogP contribution in [0.25, 0.3) is 11.0 Å². The molecule has 0 aliphatic rings. The van der Waals surface area contributed by atoms with Gasteiger partial charge in [-0.25, -0.2) is 14.2 Å². The Balaban J connectivity index is 2.09. The molecular weight excluding hydrogens is 329 g/mol. The van der Waals surface area contributed by atoms with E-state index in [0.29, 0.717) is 24.4 Å². The molecule has 0 saturated carbocycles. The Hall–Kier alpha value is -1.93. The minimum absolute atomic E-state index is 0.0883. The van der Waals surface area contributed by atoms with Gasteiger partial charge in [0.25, 0.3) is 0 Å². The van der Waals surface area contributed by atoms with Crippen LogP contribution in [0.3, 0.4) is 0 Å². The number of carbonyl (C=O) groups is 1. The van der Waals surface area contributed by atoms with Crippen molar-refractivity contribution in [2.45, 2.75) is 39.0 Å². The molecule has 2 aromatic rings. The number of rotatable bonds is 7. The summed E-state index contributed by atoms with van der Waals surface area (Å²) in [6.07, 6.45) is 0.681. The summed E-state index contributed by atoms with van der Waals surface area (Å²) in [4.78, 5) is 16.1. The fourth-order valence-electron chi connectivity index (χ4n) is 2.18. The third-order valence-corrected chi connectivity index (χ3v) is 5.42. The van der Waals surface area contributed by atoms with Crippen molar-refractivity contribution >= 4 is 25.2 Å². The van der Waals surface area contributed by atoms with Gasteiger partial charge in [0.05, 0.1) is 23.3 Å². The van der Waals surface area contributed by atoms with Crippen molar-refractivity contribution in [2.24, 2.45) is 0 Å². The monoisotopic (exact) mass is 353 g/mol. The molecule has 2 heterocycles. The lowest BCUT2D eigenvalue weighted by Gasteiger charge is -2.16. The van der Waals surface area contributed by atoms with Crippen LogP contribution in [-0.2, 0) is 18.0 Å². The minimum Gasteiger partial charge on any atom is -0.465 e. The number of carboxylic acid groups (broad SMARTS) is 1. The van der Waals surface area contributed by atoms with E-state index in [2.05, 4.69) is 24.6 Å². The molecule has 0 bridgehead atoms. The van der Waals surface area contributed by atoms with Gasteiger partial charge in [0, 0.05) is 34.0 Å². The Labute approximate surface area is 141 Å². The van der Waals surface area contributed by atoms with Crippen LogP contribution in [0.5, 0.6) is 0 Å². The summed E-state index contributed by atoms with van der Waals surface area (Å²) in [5, 5.41) is 8.89. The largest absolute Gasteiger partial charge is 0.465 e. The molecule has 0 spiro atoms. The van der Waals surface area contributed by atoms with Crippen LogP contribution in [0, 0.1) is 5.82 Å². The number of fused-ring (bicyclic) bond motifs is 1. The van der Waals surface area contributed by atoms with E-state index in [1.54, 1.807) is 16.8 Å². The average Bonchev–Trinajstić information content (AvgIpc) is 2.85. The molecule has 2 aromatic heterocycles. The minimum atomic E-state index is -1.13. The molecule has 0 unspecified atom stereocenters. The number of amides is 1. The average molecular weight is 353 g/mol. The first-order chi connectivity index (χ1) is 11.2. The SMILES string of the molecule is CN(Cc1nc2ccn(COCC[Si](C)(C)C)c2cc1F)C(=O)O. The van der Waals surface area contributed by atoms with E-state index in [-0.39, 0.29) is 12.2 Å². The van der Waals surface area contributed by atoms with E-state index in [9.17, 15) is 9.18 Å². The van der Waals surface area contributed by atoms with Crippen LogP contribution in [0.4, 0.5) is 9.18 Å². The second-order valence-corrected chi connectivity index (χ2v) is 12.7. The standard InChI is InChI=1S/C16H24FN3O3Si/c1-19(16(21)22)10-14-12(17)9-15-13(18-14)5-6-20(15)11-23-7-8-24(2,3)4/h5-6,9H,7-8,10-11H2,1-4H3,(H,21,22). The first-order valence-electron chi connectivity index (χ1n) is 7.83. The molecule has 8 heteroatoms. The summed E-state index contributed by atoms with van der Waals surface area (Å²) in [6.45, 7) is 7.81. The summed E-state index contributed by atoms with van der Waals surface area (Å²) in [5.41, 5.74) is 1.38. The molecule has 132 valence electrons. The maximum absolute atomic E-state index is 14.2. The maximum Gasteiger partial charge on any atom is 0.407 e. The second-order valence-electron chi connectivity index (χ2n) is 7.09. The number of hydrogen-bond acceptors (Lipinski definition) is 3. The Morgan fingerprint density at radius 1 is 1.46 bits per heavy atom. The highest BCUT2D eigenvalue weighted by atomic mass is 28.3. The highest BCUT2D eigenvalue weighted by molar-refractivity contribution is 6.76. The van der Waals surface area contributed by atoms with Crippen molar-refractivity contribution in [2.75, 3.05) is 13.7 Å². The smallest absolute Gasteiger partial charge is 0.407 e. The number of hydrogen-bond donors (Lipinski definition) is 1. The molecule has 0 aliphatic carbocycles. The van der Waals surface area contributed by atoms with Gasteiger partial charge in [-0.15, -0.1) is 0 Å². The summed E-state index contributed by atoms with van der Waals surface area (Å²) in [5.74, 6) is -0.516. The molecule has 0 aliphatic heterocycles. The molecule has 0 fully saturated rings. The zero-order chi connectivity index (χ0) is 17.9. The molecule has 0 radical (unpaired) electrons. The van der Waals surface area contributed by atoms with Crippen molar-refractivity contribution in [1.29, 1.82) is 0 Å². The van der Waals surface area contributed by atoms with Crippen LogP contribution in [-0.4, -0.2) is 47.4 Å². The van der Waals surface area contributed by atoms with Gasteiger partial charge in [0.2, 0.25) is 0 Å². The molecule has 1 N–H and O–H groups in total. The number of pyridine rings is 1. The summed E-state index contributed by atoms with van der Waals surface area (Å²) >= 11 is 0. The van der Waals surface area contributed by atoms with Crippen LogP contribution in [0.1, 0.15) is 5.69 Å². The highest BCUT2D eigenvalue weighted by Crippen LogP contribution is 2.19. The number of nitrogens with zero attached hydrogens (tertiary/aromatic N) is 3. The number of ether oxygens (including phenoxy) is 1. The van der Waals surface area contributed by atoms with Crippen LogP contribution < -0.4 is 0 Å². The topological polar surface area (TPSA) is 67.6 Å². The van der Waals surface area contributed by atoms with Crippen molar-refractivity contribution in [3.63, 3.8) is 0 Å². The Morgan fingerprint density at radius 3 is 2.79 bits per heavy atom. The van der Waals surface area contributed by atoms with Crippen molar-refractivity contribution in [3.05, 3.63) is 29.8 Å². The fraction of sp³-hybridized carbons (Fsp3) is 0.500. The van der Waals surface area contributed by atoms with Crippen LogP contribution in [0.15, 0.2) is 18.3 Å². The lowest BCUT2D eigenvalue weighted by molar-refractivity contribution is 0.0902. The highest BCUT2D eigenvalue weighted by Gasteiger charge is 2.15. The quantitative estimate of drug-likeness (QED) is 0.610. The molecule has 0 aromatic carbocycles. The molecule has 24 heavy (non-hydrogen) atoms. The zero-order valence-electron chi connectivity index (χ0n) is 14.5. The Bertz CT molecular complexity index is 727.